The van der Waals surface area contributed by atoms with Gasteiger partial charge in [-0.1, -0.05) is 30.3 Å². The number of benzene rings is 3. The van der Waals surface area contributed by atoms with Crippen LogP contribution in [0.4, 0.5) is 0 Å². The van der Waals surface area contributed by atoms with Crippen LogP contribution in [0.5, 0.6) is 23.0 Å². The maximum absolute atomic E-state index is 13.4. The first-order chi connectivity index (χ1) is 17.9. The quantitative estimate of drug-likeness (QED) is 0.245. The summed E-state index contributed by atoms with van der Waals surface area (Å²) in [6.07, 6.45) is 0. The van der Waals surface area contributed by atoms with E-state index in [4.69, 9.17) is 14.2 Å². The zero-order valence-corrected chi connectivity index (χ0v) is 20.9. The Morgan fingerprint density at radius 3 is 2.38 bits per heavy atom. The van der Waals surface area contributed by atoms with Gasteiger partial charge in [-0.05, 0) is 61.4 Å². The van der Waals surface area contributed by atoms with Crippen molar-refractivity contribution in [3.8, 4) is 23.0 Å². The molecule has 192 valence electrons. The number of phenols is 1. The maximum atomic E-state index is 13.4. The van der Waals surface area contributed by atoms with E-state index < -0.39 is 17.7 Å². The molecule has 0 bridgehead atoms. The molecule has 0 spiro atoms. The largest absolute Gasteiger partial charge is 0.507 e. The molecule has 1 amide bonds. The zero-order chi connectivity index (χ0) is 26.5. The molecule has 4 rings (SSSR count). The van der Waals surface area contributed by atoms with Crippen LogP contribution in [-0.2, 0) is 16.1 Å². The van der Waals surface area contributed by atoms with Gasteiger partial charge in [0.2, 0.25) is 0 Å². The number of Topliss-reactive ketones (excluding diaryl/α,β-unsaturated/α-hetero) is 1. The zero-order valence-electron chi connectivity index (χ0n) is 20.9. The molecule has 1 atom stereocenters. The summed E-state index contributed by atoms with van der Waals surface area (Å²) in [5, 5.41) is 21.6. The van der Waals surface area contributed by atoms with Crippen molar-refractivity contribution in [3.63, 3.8) is 0 Å². The van der Waals surface area contributed by atoms with E-state index in [1.807, 2.05) is 13.0 Å². The molecular formula is C29H29NO7. The van der Waals surface area contributed by atoms with Crippen molar-refractivity contribution in [2.24, 2.45) is 0 Å². The third-order valence-corrected chi connectivity index (χ3v) is 6.04. The number of phenolic OH excluding ortho intramolecular Hbond substituents is 1. The smallest absolute Gasteiger partial charge is 0.295 e. The Morgan fingerprint density at radius 1 is 0.919 bits per heavy atom. The molecule has 1 fully saturated rings. The normalized spacial score (nSPS) is 16.6. The average molecular weight is 504 g/mol. The van der Waals surface area contributed by atoms with Crippen molar-refractivity contribution >= 4 is 17.4 Å². The second kappa shape index (κ2) is 11.1. The van der Waals surface area contributed by atoms with E-state index >= 15 is 0 Å². The van der Waals surface area contributed by atoms with Gasteiger partial charge in [0.25, 0.3) is 11.7 Å². The number of likely N-dealkylation sites (tertiary alicyclic amines) is 1. The number of carbonyl (C=O) groups excluding carboxylic acids is 2. The molecule has 3 aromatic carbocycles. The molecule has 3 aromatic rings. The maximum Gasteiger partial charge on any atom is 0.295 e. The molecule has 0 saturated carbocycles. The van der Waals surface area contributed by atoms with Crippen molar-refractivity contribution < 1.29 is 34.0 Å². The van der Waals surface area contributed by atoms with Crippen molar-refractivity contribution in [1.82, 2.24) is 4.90 Å². The predicted molar refractivity (Wildman–Crippen MR) is 138 cm³/mol. The molecule has 37 heavy (non-hydrogen) atoms. The van der Waals surface area contributed by atoms with Gasteiger partial charge in [0.15, 0.2) is 11.5 Å². The van der Waals surface area contributed by atoms with Gasteiger partial charge >= 0.3 is 0 Å². The summed E-state index contributed by atoms with van der Waals surface area (Å²) < 4.78 is 16.4. The summed E-state index contributed by atoms with van der Waals surface area (Å²) in [7, 11) is 1.55. The first-order valence-corrected chi connectivity index (χ1v) is 12.0. The number of amides is 1. The van der Waals surface area contributed by atoms with E-state index in [1.54, 1.807) is 68.6 Å². The highest BCUT2D eigenvalue weighted by molar-refractivity contribution is 6.46. The summed E-state index contributed by atoms with van der Waals surface area (Å²) in [5.41, 5.74) is 1.54. The van der Waals surface area contributed by atoms with Crippen LogP contribution in [0.2, 0.25) is 0 Å². The minimum atomic E-state index is -0.929. The summed E-state index contributed by atoms with van der Waals surface area (Å²) in [4.78, 5) is 28.1. The van der Waals surface area contributed by atoms with Gasteiger partial charge < -0.3 is 29.3 Å². The predicted octanol–water partition coefficient (Wildman–Crippen LogP) is 4.82. The Morgan fingerprint density at radius 2 is 1.65 bits per heavy atom. The topological polar surface area (TPSA) is 106 Å². The third kappa shape index (κ3) is 5.23. The van der Waals surface area contributed by atoms with Crippen LogP contribution < -0.4 is 14.2 Å². The van der Waals surface area contributed by atoms with Crippen LogP contribution in [-0.4, -0.2) is 47.1 Å². The number of aliphatic hydroxyl groups is 1. The Balaban J connectivity index is 1.87. The first kappa shape index (κ1) is 25.6. The van der Waals surface area contributed by atoms with E-state index in [9.17, 15) is 19.8 Å². The van der Waals surface area contributed by atoms with Gasteiger partial charge in [-0.2, -0.15) is 0 Å². The molecule has 1 unspecified atom stereocenters. The molecule has 0 radical (unpaired) electrons. The second-order valence-corrected chi connectivity index (χ2v) is 8.40. The van der Waals surface area contributed by atoms with Crippen LogP contribution in [0, 0.1) is 0 Å². The molecule has 1 heterocycles. The molecule has 1 saturated heterocycles. The minimum Gasteiger partial charge on any atom is -0.507 e. The van der Waals surface area contributed by atoms with Gasteiger partial charge in [-0.3, -0.25) is 9.59 Å². The number of ketones is 1. The fraction of sp³-hybridized carbons (Fsp3) is 0.241. The van der Waals surface area contributed by atoms with Crippen molar-refractivity contribution in [2.45, 2.75) is 26.4 Å². The number of hydrogen-bond acceptors (Lipinski definition) is 7. The van der Waals surface area contributed by atoms with Crippen LogP contribution in [0.1, 0.15) is 36.6 Å². The monoisotopic (exact) mass is 503 g/mol. The molecule has 0 aromatic heterocycles. The Hall–Kier alpha value is -4.46. The van der Waals surface area contributed by atoms with Crippen molar-refractivity contribution in [2.75, 3.05) is 20.3 Å². The Kier molecular flexibility index (Phi) is 7.67. The fourth-order valence-corrected chi connectivity index (χ4v) is 4.38. The van der Waals surface area contributed by atoms with E-state index in [-0.39, 0.29) is 29.4 Å². The molecule has 1 aliphatic heterocycles. The number of ether oxygens (including phenoxy) is 3. The Bertz CT molecular complexity index is 1350. The van der Waals surface area contributed by atoms with E-state index in [0.717, 1.165) is 5.56 Å². The lowest BCUT2D eigenvalue weighted by molar-refractivity contribution is -0.140. The van der Waals surface area contributed by atoms with Crippen LogP contribution >= 0.6 is 0 Å². The van der Waals surface area contributed by atoms with Crippen LogP contribution in [0.15, 0.2) is 72.3 Å². The number of aliphatic hydroxyl groups excluding tert-OH is 1. The standard InChI is InChI=1S/C29H29NO7/c1-4-36-22-11-7-9-20(15-22)27(32)25-26(19-12-13-23(31)24(16-19)37-5-2)30(29(34)28(25)33)17-18-8-6-10-21(14-18)35-3/h6-16,26,31-32H,4-5,17H2,1-3H3/b27-25-. The summed E-state index contributed by atoms with van der Waals surface area (Å²) >= 11 is 0. The van der Waals surface area contributed by atoms with E-state index in [1.165, 1.54) is 11.0 Å². The molecule has 1 aliphatic rings. The molecule has 8 heteroatoms. The van der Waals surface area contributed by atoms with Gasteiger partial charge in [0.05, 0.1) is 31.9 Å². The van der Waals surface area contributed by atoms with Gasteiger partial charge in [-0.25, -0.2) is 0 Å². The summed E-state index contributed by atoms with van der Waals surface area (Å²) in [5.74, 6) is -0.590. The first-order valence-electron chi connectivity index (χ1n) is 12.0. The van der Waals surface area contributed by atoms with E-state index in [2.05, 4.69) is 0 Å². The number of aromatic hydroxyl groups is 1. The van der Waals surface area contributed by atoms with Crippen molar-refractivity contribution in [1.29, 1.82) is 0 Å². The second-order valence-electron chi connectivity index (χ2n) is 8.40. The molecule has 0 aliphatic carbocycles. The number of methoxy groups -OCH3 is 1. The number of rotatable bonds is 9. The number of nitrogens with zero attached hydrogens (tertiary/aromatic N) is 1. The van der Waals surface area contributed by atoms with Crippen LogP contribution in [0.3, 0.4) is 0 Å². The molecular weight excluding hydrogens is 474 g/mol. The lowest BCUT2D eigenvalue weighted by Gasteiger charge is -2.26. The van der Waals surface area contributed by atoms with Gasteiger partial charge in [0.1, 0.15) is 17.3 Å². The lowest BCUT2D eigenvalue weighted by Crippen LogP contribution is -2.29. The SMILES string of the molecule is CCOc1cccc(/C(O)=C2/C(=O)C(=O)N(Cc3cccc(OC)c3)C2c2ccc(O)c(OCC)c2)c1. The fourth-order valence-electron chi connectivity index (χ4n) is 4.38. The summed E-state index contributed by atoms with van der Waals surface area (Å²) in [6.45, 7) is 4.46. The van der Waals surface area contributed by atoms with Gasteiger partial charge in [-0.15, -0.1) is 0 Å². The number of carbonyl (C=O) groups is 2. The minimum absolute atomic E-state index is 0.0605. The molecule has 8 nitrogen and oxygen atoms in total. The molecule has 2 N–H and O–H groups in total. The highest BCUT2D eigenvalue weighted by Gasteiger charge is 2.46. The van der Waals surface area contributed by atoms with E-state index in [0.29, 0.717) is 35.8 Å². The third-order valence-electron chi connectivity index (χ3n) is 6.04. The van der Waals surface area contributed by atoms with Crippen LogP contribution in [0.25, 0.3) is 5.76 Å². The number of hydrogen-bond donors (Lipinski definition) is 2. The average Bonchev–Trinajstić information content (AvgIpc) is 3.15. The highest BCUT2D eigenvalue weighted by atomic mass is 16.5. The Labute approximate surface area is 215 Å². The summed E-state index contributed by atoms with van der Waals surface area (Å²) in [6, 6.07) is 17.6. The lowest BCUT2D eigenvalue weighted by atomic mass is 9.94. The van der Waals surface area contributed by atoms with Crippen molar-refractivity contribution in [3.05, 3.63) is 89.0 Å². The highest BCUT2D eigenvalue weighted by Crippen LogP contribution is 2.43. The van der Waals surface area contributed by atoms with Gasteiger partial charge in [0, 0.05) is 12.1 Å².